The maximum Gasteiger partial charge on any atom is 0.255 e. The van der Waals surface area contributed by atoms with Crippen molar-refractivity contribution in [2.24, 2.45) is 23.5 Å². The summed E-state index contributed by atoms with van der Waals surface area (Å²) in [6, 6.07) is 0.840. The number of benzene rings is 1. The van der Waals surface area contributed by atoms with Crippen molar-refractivity contribution in [2.75, 3.05) is 39.6 Å². The lowest BCUT2D eigenvalue weighted by atomic mass is 9.58. The van der Waals surface area contributed by atoms with Gasteiger partial charge in [0.25, 0.3) is 5.91 Å². The van der Waals surface area contributed by atoms with Crippen LogP contribution in [0.15, 0.2) is 28.7 Å². The summed E-state index contributed by atoms with van der Waals surface area (Å²) in [7, 11) is 6.90. The predicted molar refractivity (Wildman–Crippen MR) is 142 cm³/mol. The van der Waals surface area contributed by atoms with Gasteiger partial charge in [0.15, 0.2) is 11.4 Å². The van der Waals surface area contributed by atoms with E-state index in [2.05, 4.69) is 5.32 Å². The number of nitrogens with zero attached hydrogens (tertiary/aromatic N) is 2. The van der Waals surface area contributed by atoms with Crippen LogP contribution in [0.4, 0.5) is 5.69 Å². The molecule has 4 aliphatic carbocycles. The van der Waals surface area contributed by atoms with Crippen molar-refractivity contribution >= 4 is 23.2 Å². The average Bonchev–Trinajstić information content (AvgIpc) is 3.66. The van der Waals surface area contributed by atoms with Gasteiger partial charge in [0, 0.05) is 43.4 Å². The van der Waals surface area contributed by atoms with Crippen LogP contribution in [0.25, 0.3) is 0 Å². The number of allylic oxidation sites excluding steroid dienone is 1. The van der Waals surface area contributed by atoms with Gasteiger partial charge in [-0.1, -0.05) is 0 Å². The fourth-order valence-electron chi connectivity index (χ4n) is 6.62. The summed E-state index contributed by atoms with van der Waals surface area (Å²) >= 11 is 0. The molecule has 4 atom stereocenters. The van der Waals surface area contributed by atoms with Crippen molar-refractivity contribution in [1.82, 2.24) is 10.2 Å². The molecule has 39 heavy (non-hydrogen) atoms. The molecule has 0 saturated heterocycles. The lowest BCUT2D eigenvalue weighted by Crippen LogP contribution is -2.63. The van der Waals surface area contributed by atoms with Gasteiger partial charge < -0.3 is 36.4 Å². The van der Waals surface area contributed by atoms with E-state index in [4.69, 9.17) is 5.73 Å². The van der Waals surface area contributed by atoms with Gasteiger partial charge in [0.05, 0.1) is 11.6 Å². The molecule has 0 aromatic heterocycles. The Morgan fingerprint density at radius 1 is 1.15 bits per heavy atom. The van der Waals surface area contributed by atoms with Crippen molar-refractivity contribution in [2.45, 2.75) is 43.9 Å². The summed E-state index contributed by atoms with van der Waals surface area (Å²) < 4.78 is 0. The van der Waals surface area contributed by atoms with Gasteiger partial charge in [-0.25, -0.2) is 0 Å². The number of Topliss-reactive ketones (excluding diaryl/α,β-unsaturated/α-hetero) is 2. The van der Waals surface area contributed by atoms with Crippen LogP contribution in [-0.2, 0) is 22.6 Å². The Morgan fingerprint density at radius 2 is 1.82 bits per heavy atom. The molecule has 1 aromatic carbocycles. The van der Waals surface area contributed by atoms with Crippen LogP contribution in [0, 0.1) is 17.8 Å². The number of anilines is 1. The van der Waals surface area contributed by atoms with Crippen molar-refractivity contribution in [3.8, 4) is 5.75 Å². The first-order valence-electron chi connectivity index (χ1n) is 13.2. The van der Waals surface area contributed by atoms with E-state index in [0.717, 1.165) is 12.2 Å². The Balaban J connectivity index is 1.65. The number of aliphatic hydroxyl groups is 3. The minimum Gasteiger partial charge on any atom is -0.510 e. The summed E-state index contributed by atoms with van der Waals surface area (Å²) in [5.74, 6) is -5.83. The average molecular weight is 541 g/mol. The van der Waals surface area contributed by atoms with E-state index >= 15 is 0 Å². The van der Waals surface area contributed by atoms with Crippen LogP contribution in [0.2, 0.25) is 0 Å². The fourth-order valence-corrected chi connectivity index (χ4v) is 6.62. The topological polar surface area (TPSA) is 177 Å². The molecule has 1 fully saturated rings. The number of hydrogen-bond donors (Lipinski definition) is 6. The largest absolute Gasteiger partial charge is 0.510 e. The van der Waals surface area contributed by atoms with Crippen molar-refractivity contribution < 1.29 is 34.8 Å². The van der Waals surface area contributed by atoms with E-state index in [9.17, 15) is 34.8 Å². The van der Waals surface area contributed by atoms with Crippen molar-refractivity contribution in [1.29, 1.82) is 0 Å². The van der Waals surface area contributed by atoms with Crippen LogP contribution in [0.5, 0.6) is 5.75 Å². The minimum atomic E-state index is -2.64. The Kier molecular flexibility index (Phi) is 6.52. The number of aromatic hydroxyl groups is 1. The Morgan fingerprint density at radius 3 is 2.38 bits per heavy atom. The molecular weight excluding hydrogens is 504 g/mol. The number of rotatable bonds is 7. The van der Waals surface area contributed by atoms with Gasteiger partial charge in [0.1, 0.15) is 22.8 Å². The van der Waals surface area contributed by atoms with E-state index in [1.54, 1.807) is 14.1 Å². The molecule has 0 bridgehead atoms. The maximum atomic E-state index is 14.0. The molecule has 4 aliphatic rings. The first kappa shape index (κ1) is 27.2. The molecule has 1 amide bonds. The number of likely N-dealkylation sites (N-methyl/N-ethyl adjacent to an activating group) is 1. The van der Waals surface area contributed by atoms with Crippen LogP contribution < -0.4 is 16.0 Å². The third-order valence-electron chi connectivity index (χ3n) is 8.71. The van der Waals surface area contributed by atoms with Crippen LogP contribution in [0.1, 0.15) is 40.7 Å². The minimum absolute atomic E-state index is 0.0326. The van der Waals surface area contributed by atoms with Crippen LogP contribution in [-0.4, -0.2) is 89.2 Å². The number of amides is 1. The number of phenols is 1. The van der Waals surface area contributed by atoms with Crippen LogP contribution >= 0.6 is 0 Å². The first-order chi connectivity index (χ1) is 18.3. The Bertz CT molecular complexity index is 1340. The number of ketones is 2. The zero-order chi connectivity index (χ0) is 28.5. The normalized spacial score (nSPS) is 28.4. The highest BCUT2D eigenvalue weighted by molar-refractivity contribution is 6.24. The molecule has 1 saturated carbocycles. The van der Waals surface area contributed by atoms with Crippen LogP contribution in [0.3, 0.4) is 0 Å². The molecule has 7 N–H and O–H groups in total. The number of carbonyl (C=O) groups excluding carboxylic acids is 3. The number of hydrogen-bond acceptors (Lipinski definition) is 10. The lowest BCUT2D eigenvalue weighted by molar-refractivity contribution is -0.148. The first-order valence-corrected chi connectivity index (χ1v) is 13.2. The monoisotopic (exact) mass is 540 g/mol. The summed E-state index contributed by atoms with van der Waals surface area (Å²) in [4.78, 5) is 43.0. The van der Waals surface area contributed by atoms with E-state index < -0.39 is 58.0 Å². The Labute approximate surface area is 226 Å². The number of aliphatic hydroxyl groups excluding tert-OH is 2. The number of nitrogens with one attached hydrogen (secondary N) is 1. The Hall–Kier alpha value is -3.41. The molecule has 0 spiro atoms. The molecule has 1 unspecified atom stereocenters. The van der Waals surface area contributed by atoms with Gasteiger partial charge in [-0.3, -0.25) is 19.3 Å². The fraction of sp³-hybridized carbons (Fsp3) is 0.536. The second-order valence-electron chi connectivity index (χ2n) is 11.7. The molecule has 210 valence electrons. The number of primary amides is 1. The second-order valence-corrected chi connectivity index (χ2v) is 11.7. The summed E-state index contributed by atoms with van der Waals surface area (Å²) in [5.41, 5.74) is 3.70. The van der Waals surface area contributed by atoms with Crippen molar-refractivity contribution in [3.05, 3.63) is 45.4 Å². The lowest BCUT2D eigenvalue weighted by Gasteiger charge is -2.50. The van der Waals surface area contributed by atoms with Gasteiger partial charge in [-0.2, -0.15) is 0 Å². The standard InChI is InChI=1S/C28H36N4O7/c1-31(2)17-9-14(11-30-10-12-5-6-12)22(33)19-15(17)7-13-8-16-21(32(3)4)24(35)20(27(29)38)26(37)28(16,39)25(36)18(13)23(19)34/h9,12-13,16,21,30,33,35-36,39H,5-8,10-11H2,1-4H3,(H2,29,38)/t13-,16+,21?,28-/m0/s1. The van der Waals surface area contributed by atoms with E-state index in [0.29, 0.717) is 23.6 Å². The molecule has 11 heteroatoms. The third-order valence-corrected chi connectivity index (χ3v) is 8.71. The van der Waals surface area contributed by atoms with Gasteiger partial charge in [-0.05, 0) is 69.8 Å². The SMILES string of the molecule is CN(C)c1cc(CNCC2CC2)c(O)c2c1C[C@H]1C[C@@H]3C(N(C)C)C(O)=C(C(N)=O)C(=O)[C@@]3(O)C(O)=C1C2=O. The molecule has 5 rings (SSSR count). The highest BCUT2D eigenvalue weighted by Gasteiger charge is 2.63. The van der Waals surface area contributed by atoms with E-state index in [1.807, 2.05) is 25.1 Å². The molecule has 0 radical (unpaired) electrons. The molecule has 11 nitrogen and oxygen atoms in total. The zero-order valence-corrected chi connectivity index (χ0v) is 22.6. The van der Waals surface area contributed by atoms with Crippen molar-refractivity contribution in [3.63, 3.8) is 0 Å². The van der Waals surface area contributed by atoms with E-state index in [-0.39, 0.29) is 29.7 Å². The predicted octanol–water partition coefficient (Wildman–Crippen LogP) is 0.686. The quantitative estimate of drug-likeness (QED) is 0.270. The molecule has 0 heterocycles. The number of nitrogens with two attached hydrogens (primary N) is 1. The van der Waals surface area contributed by atoms with Gasteiger partial charge in [-0.15, -0.1) is 0 Å². The number of carbonyl (C=O) groups is 3. The smallest absolute Gasteiger partial charge is 0.255 e. The van der Waals surface area contributed by atoms with Gasteiger partial charge >= 0.3 is 0 Å². The summed E-state index contributed by atoms with van der Waals surface area (Å²) in [5, 5.41) is 48.7. The van der Waals surface area contributed by atoms with Gasteiger partial charge in [0.2, 0.25) is 5.78 Å². The summed E-state index contributed by atoms with van der Waals surface area (Å²) in [6.07, 6.45) is 2.65. The summed E-state index contributed by atoms with van der Waals surface area (Å²) in [6.45, 7) is 1.15. The highest BCUT2D eigenvalue weighted by atomic mass is 16.3. The highest BCUT2D eigenvalue weighted by Crippen LogP contribution is 2.53. The number of fused-ring (bicyclic) bond motifs is 3. The third kappa shape index (κ3) is 4.02. The van der Waals surface area contributed by atoms with E-state index in [1.165, 1.54) is 17.7 Å². The molecule has 0 aliphatic heterocycles. The second kappa shape index (κ2) is 9.35. The molecular formula is C28H36N4O7. The molecule has 1 aromatic rings. The zero-order valence-electron chi connectivity index (χ0n) is 22.6. The number of phenolic OH excluding ortho intramolecular Hbond substituents is 1. The maximum absolute atomic E-state index is 14.0.